The molecule has 0 aliphatic heterocycles. The van der Waals surface area contributed by atoms with Gasteiger partial charge in [0.15, 0.2) is 0 Å². The molecule has 1 heterocycles. The highest BCUT2D eigenvalue weighted by Gasteiger charge is 2.14. The third kappa shape index (κ3) is 1.88. The summed E-state index contributed by atoms with van der Waals surface area (Å²) < 4.78 is 1.39. The topological polar surface area (TPSA) is 111 Å². The van der Waals surface area contributed by atoms with Crippen molar-refractivity contribution in [2.75, 3.05) is 5.73 Å². The van der Waals surface area contributed by atoms with E-state index in [-0.39, 0.29) is 17.1 Å². The van der Waals surface area contributed by atoms with Gasteiger partial charge in [-0.1, -0.05) is 0 Å². The minimum Gasteiger partial charge on any atom is -0.477 e. The molecule has 7 nitrogen and oxygen atoms in total. The van der Waals surface area contributed by atoms with Crippen molar-refractivity contribution in [2.24, 2.45) is 0 Å². The van der Waals surface area contributed by atoms with Crippen LogP contribution in [0.15, 0.2) is 36.5 Å². The van der Waals surface area contributed by atoms with Gasteiger partial charge in [-0.3, -0.25) is 10.1 Å². The predicted octanol–water partition coefficient (Wildman–Crippen LogP) is 1.67. The Morgan fingerprint density at radius 2 is 2.11 bits per heavy atom. The first-order valence-corrected chi connectivity index (χ1v) is 4.95. The van der Waals surface area contributed by atoms with Crippen LogP contribution in [0.25, 0.3) is 5.69 Å². The van der Waals surface area contributed by atoms with E-state index in [0.717, 1.165) is 0 Å². The zero-order chi connectivity index (χ0) is 13.3. The zero-order valence-electron chi connectivity index (χ0n) is 9.11. The quantitative estimate of drug-likeness (QED) is 0.486. The number of carboxylic acids is 1. The number of anilines is 1. The second-order valence-electron chi connectivity index (χ2n) is 3.57. The third-order valence-electron chi connectivity index (χ3n) is 2.45. The fraction of sp³-hybridized carbons (Fsp3) is 0. The zero-order valence-corrected chi connectivity index (χ0v) is 9.11. The predicted molar refractivity (Wildman–Crippen MR) is 63.8 cm³/mol. The lowest BCUT2D eigenvalue weighted by Gasteiger charge is -2.07. The fourth-order valence-corrected chi connectivity index (χ4v) is 1.64. The Kier molecular flexibility index (Phi) is 2.72. The Bertz CT molecular complexity index is 633. The summed E-state index contributed by atoms with van der Waals surface area (Å²) in [7, 11) is 0. The van der Waals surface area contributed by atoms with Crippen LogP contribution in [0.2, 0.25) is 0 Å². The van der Waals surface area contributed by atoms with Crippen molar-refractivity contribution < 1.29 is 14.8 Å². The third-order valence-corrected chi connectivity index (χ3v) is 2.45. The summed E-state index contributed by atoms with van der Waals surface area (Å²) in [5.41, 5.74) is 5.85. The minimum absolute atomic E-state index is 0.0115. The normalized spacial score (nSPS) is 10.2. The van der Waals surface area contributed by atoms with E-state index in [4.69, 9.17) is 10.8 Å². The molecule has 0 radical (unpaired) electrons. The Morgan fingerprint density at radius 1 is 1.39 bits per heavy atom. The van der Waals surface area contributed by atoms with Gasteiger partial charge in [0.25, 0.3) is 5.69 Å². The van der Waals surface area contributed by atoms with Crippen LogP contribution in [-0.2, 0) is 0 Å². The molecule has 2 rings (SSSR count). The fourth-order valence-electron chi connectivity index (χ4n) is 1.64. The van der Waals surface area contributed by atoms with Crippen LogP contribution >= 0.6 is 0 Å². The highest BCUT2D eigenvalue weighted by atomic mass is 16.6. The molecule has 0 bridgehead atoms. The number of nitrogens with zero attached hydrogens (tertiary/aromatic N) is 2. The number of hydrogen-bond donors (Lipinski definition) is 2. The summed E-state index contributed by atoms with van der Waals surface area (Å²) in [6.07, 6.45) is 1.55. The van der Waals surface area contributed by atoms with Gasteiger partial charge in [0.1, 0.15) is 11.4 Å². The van der Waals surface area contributed by atoms with Gasteiger partial charge < -0.3 is 15.4 Å². The highest BCUT2D eigenvalue weighted by molar-refractivity contribution is 5.86. The molecule has 1 aromatic carbocycles. The minimum atomic E-state index is -1.09. The van der Waals surface area contributed by atoms with Crippen molar-refractivity contribution in [3.05, 3.63) is 52.3 Å². The van der Waals surface area contributed by atoms with E-state index in [9.17, 15) is 14.9 Å². The van der Waals surface area contributed by atoms with Crippen LogP contribution in [0, 0.1) is 10.1 Å². The molecule has 0 saturated heterocycles. The highest BCUT2D eigenvalue weighted by Crippen LogP contribution is 2.24. The first kappa shape index (κ1) is 11.6. The van der Waals surface area contributed by atoms with Crippen molar-refractivity contribution in [3.8, 4) is 5.69 Å². The molecule has 0 aliphatic carbocycles. The van der Waals surface area contributed by atoms with E-state index in [1.165, 1.54) is 28.8 Å². The van der Waals surface area contributed by atoms with Crippen molar-refractivity contribution >= 4 is 17.3 Å². The summed E-state index contributed by atoms with van der Waals surface area (Å²) in [6, 6.07) is 7.06. The number of carbonyl (C=O) groups is 1. The van der Waals surface area contributed by atoms with E-state index < -0.39 is 10.9 Å². The number of aromatic nitrogens is 1. The van der Waals surface area contributed by atoms with Crippen LogP contribution in [-0.4, -0.2) is 20.6 Å². The van der Waals surface area contributed by atoms with Gasteiger partial charge in [-0.15, -0.1) is 0 Å². The number of rotatable bonds is 3. The molecular weight excluding hydrogens is 238 g/mol. The maximum absolute atomic E-state index is 11.0. The summed E-state index contributed by atoms with van der Waals surface area (Å²) in [5, 5.41) is 19.6. The van der Waals surface area contributed by atoms with Gasteiger partial charge in [-0.25, -0.2) is 4.79 Å². The number of nitrogens with two attached hydrogens (primary N) is 1. The number of aromatic carboxylic acids is 1. The van der Waals surface area contributed by atoms with Gasteiger partial charge in [0.05, 0.1) is 4.92 Å². The van der Waals surface area contributed by atoms with Crippen LogP contribution in [0.5, 0.6) is 0 Å². The average Bonchev–Trinajstić information content (AvgIpc) is 2.77. The number of nitro groups is 1. The Balaban J connectivity index is 2.52. The van der Waals surface area contributed by atoms with Gasteiger partial charge in [-0.05, 0) is 24.3 Å². The number of nitrogen functional groups attached to an aromatic ring is 1. The molecule has 7 heteroatoms. The number of carboxylic acid groups (broad SMARTS) is 1. The van der Waals surface area contributed by atoms with Crippen LogP contribution < -0.4 is 5.73 Å². The summed E-state index contributed by atoms with van der Waals surface area (Å²) in [4.78, 5) is 21.0. The second kappa shape index (κ2) is 4.21. The number of nitro benzene ring substituents is 1. The van der Waals surface area contributed by atoms with E-state index in [2.05, 4.69) is 0 Å². The molecular formula is C11H9N3O4. The molecule has 0 unspecified atom stereocenters. The molecule has 0 amide bonds. The molecule has 2 aromatic rings. The van der Waals surface area contributed by atoms with Gasteiger partial charge in [0, 0.05) is 18.0 Å². The van der Waals surface area contributed by atoms with Crippen molar-refractivity contribution in [2.45, 2.75) is 0 Å². The molecule has 1 aromatic heterocycles. The number of hydrogen-bond acceptors (Lipinski definition) is 4. The van der Waals surface area contributed by atoms with E-state index >= 15 is 0 Å². The maximum Gasteiger partial charge on any atom is 0.352 e. The average molecular weight is 247 g/mol. The van der Waals surface area contributed by atoms with Gasteiger partial charge in [-0.2, -0.15) is 0 Å². The van der Waals surface area contributed by atoms with E-state index in [1.807, 2.05) is 0 Å². The van der Waals surface area contributed by atoms with Crippen LogP contribution in [0.4, 0.5) is 11.4 Å². The van der Waals surface area contributed by atoms with Gasteiger partial charge >= 0.3 is 5.97 Å². The smallest absolute Gasteiger partial charge is 0.352 e. The second-order valence-corrected chi connectivity index (χ2v) is 3.57. The molecule has 92 valence electrons. The summed E-state index contributed by atoms with van der Waals surface area (Å²) in [5.74, 6) is -1.09. The molecule has 3 N–H and O–H groups in total. The molecule has 0 saturated carbocycles. The monoisotopic (exact) mass is 247 g/mol. The molecule has 0 atom stereocenters. The van der Waals surface area contributed by atoms with Crippen molar-refractivity contribution in [3.63, 3.8) is 0 Å². The van der Waals surface area contributed by atoms with Crippen LogP contribution in [0.1, 0.15) is 10.5 Å². The molecule has 0 spiro atoms. The largest absolute Gasteiger partial charge is 0.477 e. The van der Waals surface area contributed by atoms with Crippen LogP contribution in [0.3, 0.4) is 0 Å². The van der Waals surface area contributed by atoms with Crippen molar-refractivity contribution in [1.29, 1.82) is 0 Å². The summed E-state index contributed by atoms with van der Waals surface area (Å²) in [6.45, 7) is 0. The maximum atomic E-state index is 11.0. The molecule has 0 aliphatic rings. The summed E-state index contributed by atoms with van der Waals surface area (Å²) >= 11 is 0. The lowest BCUT2D eigenvalue weighted by atomic mass is 10.2. The molecule has 18 heavy (non-hydrogen) atoms. The number of benzene rings is 1. The lowest BCUT2D eigenvalue weighted by Crippen LogP contribution is -2.06. The first-order chi connectivity index (χ1) is 8.50. The Labute approximate surface area is 101 Å². The first-order valence-electron chi connectivity index (χ1n) is 4.95. The Morgan fingerprint density at radius 3 is 2.67 bits per heavy atom. The lowest BCUT2D eigenvalue weighted by molar-refractivity contribution is -0.383. The van der Waals surface area contributed by atoms with E-state index in [0.29, 0.717) is 5.69 Å². The SMILES string of the molecule is Nc1cc(-n2cccc2C(=O)O)ccc1[N+](=O)[O-]. The molecule has 0 fully saturated rings. The van der Waals surface area contributed by atoms with E-state index in [1.54, 1.807) is 12.3 Å². The van der Waals surface area contributed by atoms with Gasteiger partial charge in [0.2, 0.25) is 0 Å². The Hall–Kier alpha value is -2.83. The van der Waals surface area contributed by atoms with Crippen molar-refractivity contribution in [1.82, 2.24) is 4.57 Å². The standard InChI is InChI=1S/C11H9N3O4/c12-8-6-7(3-4-9(8)14(17)18)13-5-1-2-10(13)11(15)16/h1-6H,12H2,(H,15,16).